The number of imidazole rings is 1. The van der Waals surface area contributed by atoms with Crippen LogP contribution >= 0.6 is 0 Å². The second kappa shape index (κ2) is 5.91. The van der Waals surface area contributed by atoms with Crippen molar-refractivity contribution in [2.24, 2.45) is 5.41 Å². The topological polar surface area (TPSA) is 61.2 Å². The average Bonchev–Trinajstić information content (AvgIpc) is 2.80. The predicted octanol–water partition coefficient (Wildman–Crippen LogP) is 2.75. The van der Waals surface area contributed by atoms with Crippen LogP contribution in [0.2, 0.25) is 0 Å². The van der Waals surface area contributed by atoms with Crippen molar-refractivity contribution in [3.8, 4) is 11.3 Å². The SMILES string of the molecule is CC(C)(C)CC(=O)On1cnc(-c2ccccc2)c1C=O. The molecule has 0 radical (unpaired) electrons. The van der Waals surface area contributed by atoms with Crippen LogP contribution in [0.5, 0.6) is 0 Å². The van der Waals surface area contributed by atoms with Crippen molar-refractivity contribution in [3.63, 3.8) is 0 Å². The van der Waals surface area contributed by atoms with Gasteiger partial charge in [-0.3, -0.25) is 4.79 Å². The summed E-state index contributed by atoms with van der Waals surface area (Å²) in [6.07, 6.45) is 2.23. The molecule has 5 heteroatoms. The van der Waals surface area contributed by atoms with Crippen molar-refractivity contribution in [1.82, 2.24) is 9.71 Å². The number of benzene rings is 1. The third-order valence-electron chi connectivity index (χ3n) is 2.81. The van der Waals surface area contributed by atoms with Gasteiger partial charge in [0.25, 0.3) is 0 Å². The van der Waals surface area contributed by atoms with E-state index in [1.54, 1.807) is 0 Å². The van der Waals surface area contributed by atoms with E-state index in [1.807, 2.05) is 51.1 Å². The number of hydrogen-bond donors (Lipinski definition) is 0. The fourth-order valence-corrected chi connectivity index (χ4v) is 1.92. The number of rotatable bonds is 4. The quantitative estimate of drug-likeness (QED) is 0.811. The van der Waals surface area contributed by atoms with Crippen LogP contribution in [0.3, 0.4) is 0 Å². The van der Waals surface area contributed by atoms with Crippen molar-refractivity contribution in [2.45, 2.75) is 27.2 Å². The van der Waals surface area contributed by atoms with E-state index in [1.165, 1.54) is 6.33 Å². The first-order valence-corrected chi connectivity index (χ1v) is 6.70. The Morgan fingerprint density at radius 2 is 1.95 bits per heavy atom. The molecule has 0 aliphatic rings. The van der Waals surface area contributed by atoms with Gasteiger partial charge in [-0.05, 0) is 5.41 Å². The smallest absolute Gasteiger partial charge is 0.333 e. The molecule has 1 heterocycles. The zero-order chi connectivity index (χ0) is 15.5. The molecule has 1 aromatic carbocycles. The van der Waals surface area contributed by atoms with Gasteiger partial charge in [0.15, 0.2) is 6.29 Å². The van der Waals surface area contributed by atoms with Crippen LogP contribution in [0, 0.1) is 5.41 Å². The molecular weight excluding hydrogens is 268 g/mol. The van der Waals surface area contributed by atoms with Crippen LogP contribution < -0.4 is 4.84 Å². The standard InChI is InChI=1S/C16H18N2O3/c1-16(2,3)9-14(20)21-18-11-17-15(13(18)10-19)12-7-5-4-6-8-12/h4-8,10-11H,9H2,1-3H3. The maximum absolute atomic E-state index is 11.9. The summed E-state index contributed by atoms with van der Waals surface area (Å²) in [6.45, 7) is 5.83. The van der Waals surface area contributed by atoms with Crippen LogP contribution in [0.15, 0.2) is 36.7 Å². The van der Waals surface area contributed by atoms with Gasteiger partial charge in [0.1, 0.15) is 17.7 Å². The molecule has 0 aliphatic carbocycles. The molecule has 0 unspecified atom stereocenters. The lowest BCUT2D eigenvalue weighted by atomic mass is 9.93. The number of aldehydes is 1. The Kier molecular flexibility index (Phi) is 4.21. The van der Waals surface area contributed by atoms with E-state index in [0.717, 1.165) is 10.3 Å². The van der Waals surface area contributed by atoms with Gasteiger partial charge in [-0.15, -0.1) is 0 Å². The first kappa shape index (κ1) is 15.0. The van der Waals surface area contributed by atoms with Crippen LogP contribution in [0.1, 0.15) is 37.7 Å². The van der Waals surface area contributed by atoms with Gasteiger partial charge < -0.3 is 4.84 Å². The third-order valence-corrected chi connectivity index (χ3v) is 2.81. The summed E-state index contributed by atoms with van der Waals surface area (Å²) in [4.78, 5) is 32.5. The largest absolute Gasteiger partial charge is 0.335 e. The number of nitrogens with zero attached hydrogens (tertiary/aromatic N) is 2. The van der Waals surface area contributed by atoms with Crippen molar-refractivity contribution in [3.05, 3.63) is 42.4 Å². The number of aromatic nitrogens is 2. The maximum atomic E-state index is 11.9. The van der Waals surface area contributed by atoms with Gasteiger partial charge in [0.05, 0.1) is 6.42 Å². The van der Waals surface area contributed by atoms with Crippen LogP contribution in [0.25, 0.3) is 11.3 Å². The highest BCUT2D eigenvalue weighted by molar-refractivity contribution is 5.84. The lowest BCUT2D eigenvalue weighted by Gasteiger charge is -2.16. The minimum atomic E-state index is -0.400. The average molecular weight is 286 g/mol. The molecule has 0 N–H and O–H groups in total. The van der Waals surface area contributed by atoms with Crippen LogP contribution in [0.4, 0.5) is 0 Å². The minimum Gasteiger partial charge on any atom is -0.335 e. The van der Waals surface area contributed by atoms with Crippen molar-refractivity contribution in [2.75, 3.05) is 0 Å². The third kappa shape index (κ3) is 3.78. The summed E-state index contributed by atoms with van der Waals surface area (Å²) in [5, 5.41) is 0. The summed E-state index contributed by atoms with van der Waals surface area (Å²) in [7, 11) is 0. The first-order chi connectivity index (χ1) is 9.90. The number of carbonyl (C=O) groups is 2. The Morgan fingerprint density at radius 1 is 1.29 bits per heavy atom. The summed E-state index contributed by atoms with van der Waals surface area (Å²) in [5.41, 5.74) is 1.34. The van der Waals surface area contributed by atoms with Gasteiger partial charge in [0.2, 0.25) is 0 Å². The molecule has 110 valence electrons. The van der Waals surface area contributed by atoms with Gasteiger partial charge in [0, 0.05) is 5.56 Å². The molecule has 5 nitrogen and oxygen atoms in total. The fourth-order valence-electron chi connectivity index (χ4n) is 1.92. The molecule has 0 amide bonds. The molecule has 0 fully saturated rings. The van der Waals surface area contributed by atoms with E-state index in [0.29, 0.717) is 12.0 Å². The van der Waals surface area contributed by atoms with Gasteiger partial charge in [-0.25, -0.2) is 9.78 Å². The maximum Gasteiger partial charge on any atom is 0.333 e. The predicted molar refractivity (Wildman–Crippen MR) is 78.7 cm³/mol. The number of carbonyl (C=O) groups excluding carboxylic acids is 2. The summed E-state index contributed by atoms with van der Waals surface area (Å²) in [5.74, 6) is -0.400. The minimum absolute atomic E-state index is 0.179. The summed E-state index contributed by atoms with van der Waals surface area (Å²) >= 11 is 0. The summed E-state index contributed by atoms with van der Waals surface area (Å²) < 4.78 is 1.13. The monoisotopic (exact) mass is 286 g/mol. The molecule has 0 saturated carbocycles. The van der Waals surface area contributed by atoms with Crippen LogP contribution in [-0.2, 0) is 4.79 Å². The number of hydrogen-bond acceptors (Lipinski definition) is 4. The van der Waals surface area contributed by atoms with E-state index in [2.05, 4.69) is 4.98 Å². The normalized spacial score (nSPS) is 11.2. The van der Waals surface area contributed by atoms with Gasteiger partial charge in [-0.2, -0.15) is 4.73 Å². The van der Waals surface area contributed by atoms with Gasteiger partial charge in [-0.1, -0.05) is 51.1 Å². The second-order valence-corrected chi connectivity index (χ2v) is 5.99. The van der Waals surface area contributed by atoms with Gasteiger partial charge >= 0.3 is 5.97 Å². The molecule has 2 rings (SSSR count). The molecule has 0 spiro atoms. The molecular formula is C16H18N2O3. The van der Waals surface area contributed by atoms with E-state index in [9.17, 15) is 9.59 Å². The highest BCUT2D eigenvalue weighted by atomic mass is 16.7. The summed E-state index contributed by atoms with van der Waals surface area (Å²) in [6, 6.07) is 9.28. The molecule has 0 aliphatic heterocycles. The lowest BCUT2D eigenvalue weighted by Crippen LogP contribution is -2.25. The van der Waals surface area contributed by atoms with Crippen molar-refractivity contribution >= 4 is 12.3 Å². The Bertz CT molecular complexity index is 639. The Morgan fingerprint density at radius 3 is 2.52 bits per heavy atom. The zero-order valence-electron chi connectivity index (χ0n) is 12.4. The lowest BCUT2D eigenvalue weighted by molar-refractivity contribution is -0.146. The fraction of sp³-hybridized carbons (Fsp3) is 0.312. The Labute approximate surface area is 123 Å². The van der Waals surface area contributed by atoms with Crippen molar-refractivity contribution in [1.29, 1.82) is 0 Å². The highest BCUT2D eigenvalue weighted by Crippen LogP contribution is 2.21. The molecule has 2 aromatic rings. The van der Waals surface area contributed by atoms with E-state index >= 15 is 0 Å². The first-order valence-electron chi connectivity index (χ1n) is 6.70. The van der Waals surface area contributed by atoms with E-state index < -0.39 is 5.97 Å². The molecule has 1 aromatic heterocycles. The molecule has 0 atom stereocenters. The molecule has 0 bridgehead atoms. The van der Waals surface area contributed by atoms with Crippen LogP contribution in [-0.4, -0.2) is 22.0 Å². The molecule has 21 heavy (non-hydrogen) atoms. The zero-order valence-corrected chi connectivity index (χ0v) is 12.4. The highest BCUT2D eigenvalue weighted by Gasteiger charge is 2.20. The molecule has 0 saturated heterocycles. The van der Waals surface area contributed by atoms with E-state index in [-0.39, 0.29) is 17.5 Å². The second-order valence-electron chi connectivity index (χ2n) is 5.99. The Balaban J connectivity index is 2.25. The Hall–Kier alpha value is -2.43. The van der Waals surface area contributed by atoms with Crippen molar-refractivity contribution < 1.29 is 14.4 Å². The van der Waals surface area contributed by atoms with E-state index in [4.69, 9.17) is 4.84 Å².